The number of aromatic nitrogens is 1. The van der Waals surface area contributed by atoms with E-state index in [0.29, 0.717) is 30.9 Å². The van der Waals surface area contributed by atoms with Gasteiger partial charge in [-0.3, -0.25) is 14.5 Å². The standard InChI is InChI=1S/C18H23N5O2S/c19-7-6-16-22-14(11-26-16)18(25)21-13-4-1-3-12(9-13)10-23-8-2-5-15(23)17(20)24/h1,3-4,9,11,15H,2,5-8,10,19H2,(H2,20,24)(H,21,25). The van der Waals surface area contributed by atoms with Gasteiger partial charge in [-0.15, -0.1) is 11.3 Å². The Morgan fingerprint density at radius 1 is 1.38 bits per heavy atom. The fourth-order valence-corrected chi connectivity index (χ4v) is 3.96. The third-order valence-electron chi connectivity index (χ3n) is 4.41. The molecule has 2 aromatic rings. The van der Waals surface area contributed by atoms with Crippen molar-refractivity contribution in [2.75, 3.05) is 18.4 Å². The molecule has 3 rings (SSSR count). The van der Waals surface area contributed by atoms with Crippen LogP contribution in [0.1, 0.15) is 33.9 Å². The van der Waals surface area contributed by atoms with E-state index in [1.165, 1.54) is 11.3 Å². The van der Waals surface area contributed by atoms with E-state index in [2.05, 4.69) is 15.2 Å². The third-order valence-corrected chi connectivity index (χ3v) is 5.31. The van der Waals surface area contributed by atoms with Crippen molar-refractivity contribution < 1.29 is 9.59 Å². The van der Waals surface area contributed by atoms with Gasteiger partial charge in [0, 0.05) is 24.0 Å². The average molecular weight is 373 g/mol. The molecule has 138 valence electrons. The smallest absolute Gasteiger partial charge is 0.275 e. The SMILES string of the molecule is NCCc1nc(C(=O)Nc2cccc(CN3CCCC3C(N)=O)c2)cs1. The number of hydrogen-bond acceptors (Lipinski definition) is 6. The van der Waals surface area contributed by atoms with Gasteiger partial charge in [-0.25, -0.2) is 4.98 Å². The lowest BCUT2D eigenvalue weighted by molar-refractivity contribution is -0.122. The molecule has 0 spiro atoms. The van der Waals surface area contributed by atoms with Crippen molar-refractivity contribution in [3.8, 4) is 0 Å². The summed E-state index contributed by atoms with van der Waals surface area (Å²) in [5, 5.41) is 5.48. The second-order valence-corrected chi connectivity index (χ2v) is 7.29. The number of anilines is 1. The van der Waals surface area contributed by atoms with Crippen molar-refractivity contribution >= 4 is 28.8 Å². The lowest BCUT2D eigenvalue weighted by atomic mass is 10.1. The molecule has 2 heterocycles. The van der Waals surface area contributed by atoms with Crippen molar-refractivity contribution in [2.45, 2.75) is 31.8 Å². The molecular weight excluding hydrogens is 350 g/mol. The lowest BCUT2D eigenvalue weighted by Crippen LogP contribution is -2.39. The second kappa shape index (κ2) is 8.39. The highest BCUT2D eigenvalue weighted by molar-refractivity contribution is 7.09. The highest BCUT2D eigenvalue weighted by atomic mass is 32.1. The summed E-state index contributed by atoms with van der Waals surface area (Å²) in [7, 11) is 0. The first-order valence-corrected chi connectivity index (χ1v) is 9.53. The normalized spacial score (nSPS) is 17.3. The number of carbonyl (C=O) groups is 2. The molecular formula is C18H23N5O2S. The zero-order valence-electron chi connectivity index (χ0n) is 14.5. The second-order valence-electron chi connectivity index (χ2n) is 6.35. The molecule has 5 N–H and O–H groups in total. The topological polar surface area (TPSA) is 114 Å². The summed E-state index contributed by atoms with van der Waals surface area (Å²) in [6, 6.07) is 7.42. The Kier molecular flexibility index (Phi) is 5.97. The summed E-state index contributed by atoms with van der Waals surface area (Å²) in [5.41, 5.74) is 13.1. The van der Waals surface area contributed by atoms with Crippen LogP contribution in [0.5, 0.6) is 0 Å². The number of primary amides is 1. The number of thiazole rings is 1. The van der Waals surface area contributed by atoms with Gasteiger partial charge in [-0.1, -0.05) is 12.1 Å². The van der Waals surface area contributed by atoms with Crippen LogP contribution in [0.25, 0.3) is 0 Å². The molecule has 0 radical (unpaired) electrons. The molecule has 8 heteroatoms. The number of nitrogens with two attached hydrogens (primary N) is 2. The largest absolute Gasteiger partial charge is 0.368 e. The first kappa shape index (κ1) is 18.5. The summed E-state index contributed by atoms with van der Waals surface area (Å²) in [6.45, 7) is 2.00. The van der Waals surface area contributed by atoms with Crippen LogP contribution in [-0.2, 0) is 17.8 Å². The maximum Gasteiger partial charge on any atom is 0.275 e. The van der Waals surface area contributed by atoms with Crippen molar-refractivity contribution in [3.63, 3.8) is 0 Å². The first-order chi connectivity index (χ1) is 12.6. The molecule has 1 aliphatic rings. The molecule has 26 heavy (non-hydrogen) atoms. The van der Waals surface area contributed by atoms with Gasteiger partial charge in [-0.2, -0.15) is 0 Å². The number of benzene rings is 1. The van der Waals surface area contributed by atoms with E-state index >= 15 is 0 Å². The van der Waals surface area contributed by atoms with E-state index in [1.54, 1.807) is 5.38 Å². The van der Waals surface area contributed by atoms with Gasteiger partial charge in [0.1, 0.15) is 5.69 Å². The zero-order chi connectivity index (χ0) is 18.5. The van der Waals surface area contributed by atoms with Crippen molar-refractivity contribution in [3.05, 3.63) is 45.9 Å². The van der Waals surface area contributed by atoms with Gasteiger partial charge in [0.05, 0.1) is 11.0 Å². The molecule has 0 saturated carbocycles. The van der Waals surface area contributed by atoms with Gasteiger partial charge in [0.2, 0.25) is 5.91 Å². The molecule has 1 saturated heterocycles. The minimum absolute atomic E-state index is 0.204. The predicted molar refractivity (Wildman–Crippen MR) is 102 cm³/mol. The quantitative estimate of drug-likeness (QED) is 0.678. The first-order valence-electron chi connectivity index (χ1n) is 8.65. The van der Waals surface area contributed by atoms with E-state index in [1.807, 2.05) is 24.3 Å². The number of rotatable bonds is 7. The molecule has 2 amide bonds. The Hall–Kier alpha value is -2.29. The molecule has 1 aromatic heterocycles. The number of nitrogens with zero attached hydrogens (tertiary/aromatic N) is 2. The third kappa shape index (κ3) is 4.46. The summed E-state index contributed by atoms with van der Waals surface area (Å²) < 4.78 is 0. The van der Waals surface area contributed by atoms with E-state index < -0.39 is 0 Å². The molecule has 1 fully saturated rings. The van der Waals surface area contributed by atoms with Crippen molar-refractivity contribution in [2.24, 2.45) is 11.5 Å². The minimum atomic E-state index is -0.274. The Balaban J connectivity index is 1.65. The highest BCUT2D eigenvalue weighted by Crippen LogP contribution is 2.21. The van der Waals surface area contributed by atoms with E-state index in [4.69, 9.17) is 11.5 Å². The van der Waals surface area contributed by atoms with E-state index in [-0.39, 0.29) is 17.9 Å². The molecule has 1 unspecified atom stereocenters. The molecule has 7 nitrogen and oxygen atoms in total. The van der Waals surface area contributed by atoms with E-state index in [0.717, 1.165) is 30.0 Å². The van der Waals surface area contributed by atoms with Gasteiger partial charge in [-0.05, 0) is 43.6 Å². The average Bonchev–Trinajstić information content (AvgIpc) is 3.25. The van der Waals surface area contributed by atoms with Crippen molar-refractivity contribution in [1.29, 1.82) is 0 Å². The maximum atomic E-state index is 12.4. The zero-order valence-corrected chi connectivity index (χ0v) is 15.3. The Morgan fingerprint density at radius 2 is 2.23 bits per heavy atom. The number of amides is 2. The number of carbonyl (C=O) groups excluding carboxylic acids is 2. The fraction of sp³-hybridized carbons (Fsp3) is 0.389. The highest BCUT2D eigenvalue weighted by Gasteiger charge is 2.28. The van der Waals surface area contributed by atoms with Gasteiger partial charge >= 0.3 is 0 Å². The van der Waals surface area contributed by atoms with Crippen LogP contribution in [-0.4, -0.2) is 40.8 Å². The Labute approximate surface area is 156 Å². The van der Waals surface area contributed by atoms with Crippen LogP contribution in [0, 0.1) is 0 Å². The predicted octanol–water partition coefficient (Wildman–Crippen LogP) is 1.35. The summed E-state index contributed by atoms with van der Waals surface area (Å²) >= 11 is 1.44. The van der Waals surface area contributed by atoms with Crippen LogP contribution in [0.3, 0.4) is 0 Å². The van der Waals surface area contributed by atoms with Crippen molar-refractivity contribution in [1.82, 2.24) is 9.88 Å². The lowest BCUT2D eigenvalue weighted by Gasteiger charge is -2.22. The summed E-state index contributed by atoms with van der Waals surface area (Å²) in [5.74, 6) is -0.512. The van der Waals surface area contributed by atoms with Crippen LogP contribution >= 0.6 is 11.3 Å². The fourth-order valence-electron chi connectivity index (χ4n) is 3.17. The molecule has 1 atom stereocenters. The van der Waals surface area contributed by atoms with Crippen LogP contribution in [0.4, 0.5) is 5.69 Å². The molecule has 1 aromatic carbocycles. The van der Waals surface area contributed by atoms with Gasteiger partial charge < -0.3 is 16.8 Å². The Morgan fingerprint density at radius 3 is 3.00 bits per heavy atom. The molecule has 0 aliphatic carbocycles. The monoisotopic (exact) mass is 373 g/mol. The van der Waals surface area contributed by atoms with Crippen LogP contribution in [0.2, 0.25) is 0 Å². The van der Waals surface area contributed by atoms with Gasteiger partial charge in [0.15, 0.2) is 0 Å². The molecule has 1 aliphatic heterocycles. The summed E-state index contributed by atoms with van der Waals surface area (Å²) in [6.07, 6.45) is 2.45. The molecule has 0 bridgehead atoms. The summed E-state index contributed by atoms with van der Waals surface area (Å²) in [4.78, 5) is 30.3. The van der Waals surface area contributed by atoms with E-state index in [9.17, 15) is 9.59 Å². The van der Waals surface area contributed by atoms with Crippen LogP contribution < -0.4 is 16.8 Å². The Bertz CT molecular complexity index is 791. The number of hydrogen-bond donors (Lipinski definition) is 3. The minimum Gasteiger partial charge on any atom is -0.368 e. The maximum absolute atomic E-state index is 12.4. The number of likely N-dealkylation sites (tertiary alicyclic amines) is 1. The van der Waals surface area contributed by atoms with Gasteiger partial charge in [0.25, 0.3) is 5.91 Å². The number of nitrogens with one attached hydrogen (secondary N) is 1. The van der Waals surface area contributed by atoms with Crippen LogP contribution in [0.15, 0.2) is 29.6 Å².